The quantitative estimate of drug-likeness (QED) is 0.908. The van der Waals surface area contributed by atoms with Crippen molar-refractivity contribution < 1.29 is 9.90 Å². The molecule has 20 heavy (non-hydrogen) atoms. The van der Waals surface area contributed by atoms with E-state index in [-0.39, 0.29) is 5.92 Å². The maximum Gasteiger partial charge on any atom is 0.306 e. The summed E-state index contributed by atoms with van der Waals surface area (Å²) in [6.07, 6.45) is 4.09. The first-order chi connectivity index (χ1) is 9.74. The van der Waals surface area contributed by atoms with E-state index in [0.29, 0.717) is 18.9 Å². The van der Waals surface area contributed by atoms with E-state index >= 15 is 0 Å². The molecule has 0 saturated carbocycles. The average molecular weight is 271 g/mol. The molecule has 2 heterocycles. The first-order valence-electron chi connectivity index (χ1n) is 6.93. The maximum atomic E-state index is 11.1. The molecule has 1 fully saturated rings. The molecule has 0 spiro atoms. The number of aliphatic carboxylic acids is 1. The SMILES string of the molecule is O=C(O)C1CCCN(c2ncc3ccccc3n2)CC1. The molecule has 0 aliphatic carbocycles. The van der Waals surface area contributed by atoms with Gasteiger partial charge in [0.2, 0.25) is 5.95 Å². The summed E-state index contributed by atoms with van der Waals surface area (Å²) < 4.78 is 0. The van der Waals surface area contributed by atoms with Gasteiger partial charge in [0, 0.05) is 24.7 Å². The number of para-hydroxylation sites is 1. The Kier molecular flexibility index (Phi) is 3.50. The van der Waals surface area contributed by atoms with Crippen LogP contribution in [-0.2, 0) is 4.79 Å². The van der Waals surface area contributed by atoms with Gasteiger partial charge in [-0.3, -0.25) is 4.79 Å². The Hall–Kier alpha value is -2.17. The highest BCUT2D eigenvalue weighted by molar-refractivity contribution is 5.78. The highest BCUT2D eigenvalue weighted by Gasteiger charge is 2.23. The third-order valence-corrected chi connectivity index (χ3v) is 3.84. The van der Waals surface area contributed by atoms with Crippen LogP contribution in [0.4, 0.5) is 5.95 Å². The molecule has 3 rings (SSSR count). The molecule has 0 amide bonds. The van der Waals surface area contributed by atoms with Gasteiger partial charge in [0.1, 0.15) is 0 Å². The average Bonchev–Trinajstić information content (AvgIpc) is 2.73. The predicted molar refractivity (Wildman–Crippen MR) is 76.7 cm³/mol. The van der Waals surface area contributed by atoms with E-state index in [9.17, 15) is 4.79 Å². The molecule has 2 aromatic rings. The van der Waals surface area contributed by atoms with Crippen LogP contribution >= 0.6 is 0 Å². The number of carboxylic acids is 1. The zero-order valence-electron chi connectivity index (χ0n) is 11.2. The number of nitrogens with zero attached hydrogens (tertiary/aromatic N) is 3. The van der Waals surface area contributed by atoms with E-state index in [4.69, 9.17) is 5.11 Å². The van der Waals surface area contributed by atoms with Crippen LogP contribution in [0, 0.1) is 5.92 Å². The van der Waals surface area contributed by atoms with Gasteiger partial charge in [-0.15, -0.1) is 0 Å². The molecule has 5 nitrogen and oxygen atoms in total. The molecule has 1 unspecified atom stereocenters. The second-order valence-electron chi connectivity index (χ2n) is 5.18. The number of hydrogen-bond donors (Lipinski definition) is 1. The van der Waals surface area contributed by atoms with E-state index < -0.39 is 5.97 Å². The standard InChI is InChI=1S/C15H17N3O2/c19-14(20)11-5-3-8-18(9-7-11)15-16-10-12-4-1-2-6-13(12)17-15/h1-2,4,6,10-11H,3,5,7-9H2,(H,19,20). The highest BCUT2D eigenvalue weighted by atomic mass is 16.4. The van der Waals surface area contributed by atoms with Crippen LogP contribution in [0.5, 0.6) is 0 Å². The summed E-state index contributed by atoms with van der Waals surface area (Å²) in [7, 11) is 0. The van der Waals surface area contributed by atoms with Gasteiger partial charge in [-0.2, -0.15) is 0 Å². The topological polar surface area (TPSA) is 66.3 Å². The van der Waals surface area contributed by atoms with E-state index in [0.717, 1.165) is 30.3 Å². The predicted octanol–water partition coefficient (Wildman–Crippen LogP) is 2.32. The Morgan fingerprint density at radius 2 is 2.10 bits per heavy atom. The van der Waals surface area contributed by atoms with Crippen molar-refractivity contribution in [3.8, 4) is 0 Å². The number of carbonyl (C=O) groups is 1. The molecule has 1 N–H and O–H groups in total. The van der Waals surface area contributed by atoms with Crippen molar-refractivity contribution in [2.75, 3.05) is 18.0 Å². The van der Waals surface area contributed by atoms with Gasteiger partial charge in [-0.25, -0.2) is 9.97 Å². The zero-order chi connectivity index (χ0) is 13.9. The summed E-state index contributed by atoms with van der Waals surface area (Å²) in [5.74, 6) is -0.221. The van der Waals surface area contributed by atoms with Crippen LogP contribution in [0.15, 0.2) is 30.5 Å². The Labute approximate surface area is 117 Å². The van der Waals surface area contributed by atoms with Gasteiger partial charge in [0.15, 0.2) is 0 Å². The second kappa shape index (κ2) is 5.45. The summed E-state index contributed by atoms with van der Waals surface area (Å²) in [6.45, 7) is 1.53. The molecule has 1 aliphatic rings. The molecular weight excluding hydrogens is 254 g/mol. The minimum Gasteiger partial charge on any atom is -0.481 e. The number of rotatable bonds is 2. The molecule has 5 heteroatoms. The fourth-order valence-electron chi connectivity index (χ4n) is 2.66. The lowest BCUT2D eigenvalue weighted by molar-refractivity contribution is -0.142. The fourth-order valence-corrected chi connectivity index (χ4v) is 2.66. The third-order valence-electron chi connectivity index (χ3n) is 3.84. The summed E-state index contributed by atoms with van der Waals surface area (Å²) in [5, 5.41) is 10.1. The number of fused-ring (bicyclic) bond motifs is 1. The number of aromatic nitrogens is 2. The smallest absolute Gasteiger partial charge is 0.306 e. The molecule has 0 radical (unpaired) electrons. The van der Waals surface area contributed by atoms with Crippen molar-refractivity contribution in [3.63, 3.8) is 0 Å². The lowest BCUT2D eigenvalue weighted by atomic mass is 10.0. The number of carboxylic acid groups (broad SMARTS) is 1. The minimum atomic E-state index is -0.689. The Morgan fingerprint density at radius 1 is 1.25 bits per heavy atom. The second-order valence-corrected chi connectivity index (χ2v) is 5.18. The van der Waals surface area contributed by atoms with Crippen LogP contribution < -0.4 is 4.90 Å². The van der Waals surface area contributed by atoms with Crippen LogP contribution in [0.2, 0.25) is 0 Å². The summed E-state index contributed by atoms with van der Waals surface area (Å²) in [5.41, 5.74) is 0.927. The Balaban J connectivity index is 1.82. The van der Waals surface area contributed by atoms with E-state index in [1.54, 1.807) is 0 Å². The van der Waals surface area contributed by atoms with E-state index in [1.165, 1.54) is 0 Å². The summed E-state index contributed by atoms with van der Waals surface area (Å²) >= 11 is 0. The number of anilines is 1. The molecule has 1 aromatic heterocycles. The number of benzene rings is 1. The van der Waals surface area contributed by atoms with E-state index in [2.05, 4.69) is 14.9 Å². The first kappa shape index (κ1) is 12.8. The summed E-state index contributed by atoms with van der Waals surface area (Å²) in [4.78, 5) is 22.2. The largest absolute Gasteiger partial charge is 0.481 e. The van der Waals surface area contributed by atoms with Gasteiger partial charge >= 0.3 is 5.97 Å². The maximum absolute atomic E-state index is 11.1. The lowest BCUT2D eigenvalue weighted by Crippen LogP contribution is -2.26. The molecule has 104 valence electrons. The molecule has 0 bridgehead atoms. The van der Waals surface area contributed by atoms with Crippen LogP contribution in [0.1, 0.15) is 19.3 Å². The van der Waals surface area contributed by atoms with Crippen molar-refractivity contribution >= 4 is 22.8 Å². The third kappa shape index (κ3) is 2.57. The Bertz CT molecular complexity index is 629. The molecular formula is C15H17N3O2. The van der Waals surface area contributed by atoms with Crippen molar-refractivity contribution in [2.45, 2.75) is 19.3 Å². The van der Waals surface area contributed by atoms with Crippen molar-refractivity contribution in [2.24, 2.45) is 5.92 Å². The van der Waals surface area contributed by atoms with Gasteiger partial charge < -0.3 is 10.0 Å². The van der Waals surface area contributed by atoms with Crippen LogP contribution in [0.3, 0.4) is 0 Å². The first-order valence-corrected chi connectivity index (χ1v) is 6.93. The van der Waals surface area contributed by atoms with Gasteiger partial charge in [0.05, 0.1) is 11.4 Å². The minimum absolute atomic E-state index is 0.236. The number of hydrogen-bond acceptors (Lipinski definition) is 4. The van der Waals surface area contributed by atoms with Gasteiger partial charge in [-0.05, 0) is 25.3 Å². The highest BCUT2D eigenvalue weighted by Crippen LogP contribution is 2.21. The lowest BCUT2D eigenvalue weighted by Gasteiger charge is -2.20. The van der Waals surface area contributed by atoms with Crippen LogP contribution in [0.25, 0.3) is 10.9 Å². The van der Waals surface area contributed by atoms with Crippen molar-refractivity contribution in [3.05, 3.63) is 30.5 Å². The van der Waals surface area contributed by atoms with Crippen molar-refractivity contribution in [1.29, 1.82) is 0 Å². The molecule has 1 atom stereocenters. The fraction of sp³-hybridized carbons (Fsp3) is 0.400. The molecule has 1 aliphatic heterocycles. The van der Waals surface area contributed by atoms with E-state index in [1.807, 2.05) is 30.5 Å². The summed E-state index contributed by atoms with van der Waals surface area (Å²) in [6, 6.07) is 7.89. The molecule has 1 saturated heterocycles. The normalized spacial score (nSPS) is 19.8. The van der Waals surface area contributed by atoms with Gasteiger partial charge in [0.25, 0.3) is 0 Å². The van der Waals surface area contributed by atoms with Gasteiger partial charge in [-0.1, -0.05) is 18.2 Å². The van der Waals surface area contributed by atoms with Crippen molar-refractivity contribution in [1.82, 2.24) is 9.97 Å². The molecule has 1 aromatic carbocycles. The van der Waals surface area contributed by atoms with Crippen LogP contribution in [-0.4, -0.2) is 34.1 Å². The monoisotopic (exact) mass is 271 g/mol. The zero-order valence-corrected chi connectivity index (χ0v) is 11.2. The Morgan fingerprint density at radius 3 is 2.95 bits per heavy atom.